The van der Waals surface area contributed by atoms with E-state index >= 15 is 0 Å². The van der Waals surface area contributed by atoms with Crippen molar-refractivity contribution in [3.8, 4) is 0 Å². The van der Waals surface area contributed by atoms with Crippen LogP contribution in [-0.2, 0) is 31.4 Å². The number of hydrogen-bond acceptors (Lipinski definition) is 7. The molecule has 0 aromatic carbocycles. The van der Waals surface area contributed by atoms with Crippen LogP contribution in [0.15, 0.2) is 11.2 Å². The first-order valence-electron chi connectivity index (χ1n) is 9.58. The van der Waals surface area contributed by atoms with Crippen molar-refractivity contribution in [1.82, 2.24) is 24.5 Å². The minimum Gasteiger partial charge on any atom is -0.455 e. The summed E-state index contributed by atoms with van der Waals surface area (Å²) in [6, 6.07) is -0.674. The van der Waals surface area contributed by atoms with Gasteiger partial charge in [0.15, 0.2) is 11.6 Å². The van der Waals surface area contributed by atoms with E-state index in [1.54, 1.807) is 39.3 Å². The van der Waals surface area contributed by atoms with Crippen molar-refractivity contribution in [3.63, 3.8) is 0 Å². The van der Waals surface area contributed by atoms with E-state index < -0.39 is 46.0 Å². The van der Waals surface area contributed by atoms with Crippen molar-refractivity contribution in [1.29, 1.82) is 0 Å². The van der Waals surface area contributed by atoms with E-state index in [-0.39, 0.29) is 31.0 Å². The van der Waals surface area contributed by atoms with Gasteiger partial charge in [0.2, 0.25) is 0 Å². The van der Waals surface area contributed by atoms with Gasteiger partial charge in [-0.25, -0.2) is 18.2 Å². The Morgan fingerprint density at radius 2 is 1.83 bits per heavy atom. The highest BCUT2D eigenvalue weighted by atomic mass is 32.2. The molecule has 30 heavy (non-hydrogen) atoms. The summed E-state index contributed by atoms with van der Waals surface area (Å²) in [5.74, 6) is -1.26. The molecule has 0 unspecified atom stereocenters. The van der Waals surface area contributed by atoms with Crippen LogP contribution in [-0.4, -0.2) is 65.4 Å². The van der Waals surface area contributed by atoms with Crippen LogP contribution in [0.4, 0.5) is 4.79 Å². The zero-order chi connectivity index (χ0) is 22.7. The van der Waals surface area contributed by atoms with E-state index in [9.17, 15) is 22.8 Å². The van der Waals surface area contributed by atoms with E-state index in [0.717, 1.165) is 0 Å². The molecule has 1 aromatic heterocycles. The van der Waals surface area contributed by atoms with Gasteiger partial charge in [0.05, 0.1) is 5.92 Å². The molecule has 11 nitrogen and oxygen atoms in total. The maximum Gasteiger partial charge on any atom is 0.321 e. The SMILES string of the molecule is Cc1nc(S(=O)(=O)N2CCC(C(=O)OCC(=O)NC(=O)NC(C)(C)C)CC2)cn1C. The number of aromatic nitrogens is 2. The molecule has 0 radical (unpaired) electrons. The number of amides is 3. The van der Waals surface area contributed by atoms with Crippen LogP contribution in [0.3, 0.4) is 0 Å². The molecule has 1 aliphatic heterocycles. The van der Waals surface area contributed by atoms with E-state index in [2.05, 4.69) is 15.6 Å². The molecule has 0 bridgehead atoms. The Bertz CT molecular complexity index is 890. The first-order chi connectivity index (χ1) is 13.8. The Morgan fingerprint density at radius 1 is 1.23 bits per heavy atom. The van der Waals surface area contributed by atoms with Gasteiger partial charge in [-0.3, -0.25) is 14.9 Å². The normalized spacial score (nSPS) is 16.2. The van der Waals surface area contributed by atoms with Gasteiger partial charge >= 0.3 is 12.0 Å². The Morgan fingerprint density at radius 3 is 2.33 bits per heavy atom. The minimum atomic E-state index is -3.73. The lowest BCUT2D eigenvalue weighted by Crippen LogP contribution is -2.49. The smallest absolute Gasteiger partial charge is 0.321 e. The fourth-order valence-electron chi connectivity index (χ4n) is 2.90. The summed E-state index contributed by atoms with van der Waals surface area (Å²) in [6.45, 7) is 6.72. The van der Waals surface area contributed by atoms with Gasteiger partial charge in [-0.2, -0.15) is 4.31 Å². The second-order valence-electron chi connectivity index (χ2n) is 8.28. The third kappa shape index (κ3) is 6.26. The van der Waals surface area contributed by atoms with Gasteiger partial charge < -0.3 is 14.6 Å². The third-order valence-electron chi connectivity index (χ3n) is 4.56. The van der Waals surface area contributed by atoms with Gasteiger partial charge in [-0.15, -0.1) is 0 Å². The molecule has 1 aromatic rings. The molecule has 1 aliphatic rings. The molecule has 0 spiro atoms. The van der Waals surface area contributed by atoms with Crippen LogP contribution >= 0.6 is 0 Å². The predicted octanol–water partition coefficient (Wildman–Crippen LogP) is 0.297. The highest BCUT2D eigenvalue weighted by Crippen LogP contribution is 2.24. The summed E-state index contributed by atoms with van der Waals surface area (Å²) >= 11 is 0. The maximum absolute atomic E-state index is 12.7. The Balaban J connectivity index is 1.81. The second kappa shape index (κ2) is 9.13. The molecule has 2 rings (SSSR count). The fraction of sp³-hybridized carbons (Fsp3) is 0.667. The summed E-state index contributed by atoms with van der Waals surface area (Å²) in [5, 5.41) is 4.62. The quantitative estimate of drug-likeness (QED) is 0.624. The summed E-state index contributed by atoms with van der Waals surface area (Å²) in [6.07, 6.45) is 2.01. The molecule has 2 N–H and O–H groups in total. The Labute approximate surface area is 176 Å². The number of esters is 1. The summed E-state index contributed by atoms with van der Waals surface area (Å²) < 4.78 is 33.3. The van der Waals surface area contributed by atoms with Crippen molar-refractivity contribution < 1.29 is 27.5 Å². The van der Waals surface area contributed by atoms with Crippen LogP contribution in [0.1, 0.15) is 39.4 Å². The van der Waals surface area contributed by atoms with E-state index in [4.69, 9.17) is 4.74 Å². The van der Waals surface area contributed by atoms with Gasteiger partial charge in [-0.05, 0) is 40.5 Å². The topological polar surface area (TPSA) is 140 Å². The molecular weight excluding hydrogens is 414 g/mol. The second-order valence-corrected chi connectivity index (χ2v) is 10.2. The van der Waals surface area contributed by atoms with Crippen molar-refractivity contribution in [2.24, 2.45) is 13.0 Å². The van der Waals surface area contributed by atoms with Gasteiger partial charge in [0.1, 0.15) is 5.82 Å². The molecular formula is C18H29N5O6S. The average Bonchev–Trinajstić information content (AvgIpc) is 2.97. The molecule has 0 atom stereocenters. The Kier molecular flexibility index (Phi) is 7.24. The highest BCUT2D eigenvalue weighted by Gasteiger charge is 2.34. The number of rotatable bonds is 5. The molecule has 0 aliphatic carbocycles. The van der Waals surface area contributed by atoms with Crippen molar-refractivity contribution in [2.45, 2.75) is 51.1 Å². The van der Waals surface area contributed by atoms with Crippen molar-refractivity contribution in [2.75, 3.05) is 19.7 Å². The van der Waals surface area contributed by atoms with Crippen molar-refractivity contribution >= 4 is 27.9 Å². The summed E-state index contributed by atoms with van der Waals surface area (Å²) in [4.78, 5) is 39.7. The van der Waals surface area contributed by atoms with Crippen molar-refractivity contribution in [3.05, 3.63) is 12.0 Å². The number of carbonyl (C=O) groups excluding carboxylic acids is 3. The maximum atomic E-state index is 12.7. The van der Waals surface area contributed by atoms with E-state index in [1.807, 2.05) is 0 Å². The molecule has 1 saturated heterocycles. The molecule has 1 fully saturated rings. The molecule has 3 amide bonds. The van der Waals surface area contributed by atoms with Crippen LogP contribution in [0.2, 0.25) is 0 Å². The summed E-state index contributed by atoms with van der Waals surface area (Å²) in [7, 11) is -2.01. The first-order valence-corrected chi connectivity index (χ1v) is 11.0. The number of imide groups is 1. The van der Waals surface area contributed by atoms with Gasteiger partial charge in [0, 0.05) is 31.9 Å². The molecule has 168 valence electrons. The van der Waals surface area contributed by atoms with Crippen LogP contribution < -0.4 is 10.6 Å². The number of ether oxygens (including phenoxy) is 1. The van der Waals surface area contributed by atoms with Crippen LogP contribution in [0.25, 0.3) is 0 Å². The molecule has 2 heterocycles. The lowest BCUT2D eigenvalue weighted by atomic mass is 9.98. The number of piperidine rings is 1. The number of aryl methyl sites for hydroxylation is 2. The zero-order valence-electron chi connectivity index (χ0n) is 17.9. The third-order valence-corrected chi connectivity index (χ3v) is 6.34. The molecule has 0 saturated carbocycles. The average molecular weight is 444 g/mol. The number of hydrogen-bond donors (Lipinski definition) is 2. The van der Waals surface area contributed by atoms with Gasteiger partial charge in [-0.1, -0.05) is 0 Å². The number of carbonyl (C=O) groups is 3. The van der Waals surface area contributed by atoms with E-state index in [0.29, 0.717) is 5.82 Å². The first kappa shape index (κ1) is 23.8. The largest absolute Gasteiger partial charge is 0.455 e. The number of nitrogens with one attached hydrogen (secondary N) is 2. The number of nitrogens with zero attached hydrogens (tertiary/aromatic N) is 3. The minimum absolute atomic E-state index is 0.0197. The number of sulfonamides is 1. The summed E-state index contributed by atoms with van der Waals surface area (Å²) in [5.41, 5.74) is -0.511. The Hall–Kier alpha value is -2.47. The standard InChI is InChI=1S/C18H29N5O6S/c1-12-19-15(10-22(12)5)30(27,28)23-8-6-13(7-9-23)16(25)29-11-14(24)20-17(26)21-18(2,3)4/h10,13H,6-9,11H2,1-5H3,(H2,20,21,24,26). The number of imidazole rings is 1. The van der Waals surface area contributed by atoms with Gasteiger partial charge in [0.25, 0.3) is 15.9 Å². The lowest BCUT2D eigenvalue weighted by Gasteiger charge is -2.29. The van der Waals surface area contributed by atoms with Crippen LogP contribution in [0.5, 0.6) is 0 Å². The number of urea groups is 1. The highest BCUT2D eigenvalue weighted by molar-refractivity contribution is 7.89. The van der Waals surface area contributed by atoms with Crippen LogP contribution in [0, 0.1) is 12.8 Å². The lowest BCUT2D eigenvalue weighted by molar-refractivity contribution is -0.153. The molecule has 12 heteroatoms. The van der Waals surface area contributed by atoms with E-state index in [1.165, 1.54) is 10.5 Å². The monoisotopic (exact) mass is 443 g/mol. The predicted molar refractivity (Wildman–Crippen MR) is 107 cm³/mol. The fourth-order valence-corrected chi connectivity index (χ4v) is 4.40. The zero-order valence-corrected chi connectivity index (χ0v) is 18.7.